The molecule has 0 aliphatic carbocycles. The molecule has 7 nitrogen and oxygen atoms in total. The summed E-state index contributed by atoms with van der Waals surface area (Å²) in [5.41, 5.74) is 3.69. The number of amides is 1. The minimum atomic E-state index is -0.165. The molecule has 0 fully saturated rings. The molecule has 0 aliphatic heterocycles. The van der Waals surface area contributed by atoms with Crippen LogP contribution in [-0.4, -0.2) is 36.2 Å². The van der Waals surface area contributed by atoms with Crippen LogP contribution in [0.3, 0.4) is 0 Å². The predicted octanol–water partition coefficient (Wildman–Crippen LogP) is 4.45. The van der Waals surface area contributed by atoms with E-state index in [0.717, 1.165) is 17.1 Å². The Labute approximate surface area is 183 Å². The molecule has 0 unspecified atom stereocenters. The van der Waals surface area contributed by atoms with Gasteiger partial charge in [-0.2, -0.15) is 5.10 Å². The lowest BCUT2D eigenvalue weighted by Gasteiger charge is -2.09. The van der Waals surface area contributed by atoms with Crippen LogP contribution in [0.4, 0.5) is 5.82 Å². The molecule has 2 aromatic heterocycles. The first-order valence-electron chi connectivity index (χ1n) is 9.22. The van der Waals surface area contributed by atoms with Gasteiger partial charge in [-0.3, -0.25) is 9.36 Å². The number of halogens is 1. The number of benzene rings is 2. The molecule has 0 atom stereocenters. The van der Waals surface area contributed by atoms with E-state index in [-0.39, 0.29) is 11.7 Å². The average Bonchev–Trinajstić information content (AvgIpc) is 3.33. The summed E-state index contributed by atoms with van der Waals surface area (Å²) in [4.78, 5) is 12.6. The lowest BCUT2D eigenvalue weighted by molar-refractivity contribution is -0.113. The lowest BCUT2D eigenvalue weighted by atomic mass is 10.2. The van der Waals surface area contributed by atoms with Crippen molar-refractivity contribution in [2.45, 2.75) is 19.0 Å². The maximum atomic E-state index is 12.6. The van der Waals surface area contributed by atoms with E-state index in [0.29, 0.717) is 16.0 Å². The van der Waals surface area contributed by atoms with Gasteiger partial charge in [0.15, 0.2) is 5.16 Å². The number of hydrogen-bond acceptors (Lipinski definition) is 5. The van der Waals surface area contributed by atoms with Crippen molar-refractivity contribution >= 4 is 35.1 Å². The van der Waals surface area contributed by atoms with Gasteiger partial charge >= 0.3 is 0 Å². The van der Waals surface area contributed by atoms with Crippen LogP contribution in [0.15, 0.2) is 66.1 Å². The molecule has 152 valence electrons. The van der Waals surface area contributed by atoms with Gasteiger partial charge in [0.25, 0.3) is 0 Å². The van der Waals surface area contributed by atoms with Gasteiger partial charge in [-0.05, 0) is 44.2 Å². The SMILES string of the molecule is Cc1ccc(-n2cnnc2SCC(=O)Nc2cc(C)nn2-c2cccc(Cl)c2)cc1. The summed E-state index contributed by atoms with van der Waals surface area (Å²) >= 11 is 7.41. The number of nitrogens with one attached hydrogen (secondary N) is 1. The molecule has 0 saturated heterocycles. The van der Waals surface area contributed by atoms with Crippen molar-refractivity contribution in [1.82, 2.24) is 24.5 Å². The molecule has 0 spiro atoms. The Kier molecular flexibility index (Phi) is 5.87. The van der Waals surface area contributed by atoms with Crippen LogP contribution in [-0.2, 0) is 4.79 Å². The first kappa shape index (κ1) is 20.2. The lowest BCUT2D eigenvalue weighted by Crippen LogP contribution is -2.17. The van der Waals surface area contributed by atoms with E-state index < -0.39 is 0 Å². The highest BCUT2D eigenvalue weighted by atomic mass is 35.5. The number of rotatable bonds is 6. The predicted molar refractivity (Wildman–Crippen MR) is 119 cm³/mol. The highest BCUT2D eigenvalue weighted by molar-refractivity contribution is 7.99. The molecule has 0 saturated carbocycles. The van der Waals surface area contributed by atoms with Gasteiger partial charge in [-0.25, -0.2) is 4.68 Å². The summed E-state index contributed by atoms with van der Waals surface area (Å²) in [5, 5.41) is 16.7. The molecule has 9 heteroatoms. The molecule has 1 N–H and O–H groups in total. The van der Waals surface area contributed by atoms with Crippen molar-refractivity contribution in [3.63, 3.8) is 0 Å². The second-order valence-electron chi connectivity index (χ2n) is 6.72. The summed E-state index contributed by atoms with van der Waals surface area (Å²) < 4.78 is 3.52. The first-order chi connectivity index (χ1) is 14.5. The van der Waals surface area contributed by atoms with Crippen molar-refractivity contribution in [3.8, 4) is 11.4 Å². The molecule has 0 aliphatic rings. The van der Waals surface area contributed by atoms with Crippen LogP contribution in [0.25, 0.3) is 11.4 Å². The minimum absolute atomic E-state index is 0.165. The van der Waals surface area contributed by atoms with Crippen LogP contribution in [0, 0.1) is 13.8 Å². The standard InChI is InChI=1S/C21H19ClN6OS/c1-14-6-8-17(9-7-14)27-13-23-25-21(27)30-12-20(29)24-19-10-15(2)26-28(19)18-5-3-4-16(22)11-18/h3-11,13H,12H2,1-2H3,(H,24,29). The third kappa shape index (κ3) is 4.55. The van der Waals surface area contributed by atoms with E-state index in [9.17, 15) is 4.79 Å². The number of carbonyl (C=O) groups is 1. The zero-order chi connectivity index (χ0) is 21.1. The number of aryl methyl sites for hydroxylation is 2. The zero-order valence-corrected chi connectivity index (χ0v) is 18.0. The van der Waals surface area contributed by atoms with E-state index >= 15 is 0 Å². The van der Waals surface area contributed by atoms with Gasteiger partial charge in [0, 0.05) is 16.8 Å². The maximum Gasteiger partial charge on any atom is 0.236 e. The Morgan fingerprint density at radius 3 is 2.67 bits per heavy atom. The molecule has 1 amide bonds. The topological polar surface area (TPSA) is 77.6 Å². The molecular formula is C21H19ClN6OS. The Morgan fingerprint density at radius 2 is 1.90 bits per heavy atom. The Balaban J connectivity index is 1.46. The highest BCUT2D eigenvalue weighted by Crippen LogP contribution is 2.22. The van der Waals surface area contributed by atoms with Crippen LogP contribution in [0.2, 0.25) is 5.02 Å². The van der Waals surface area contributed by atoms with Crippen LogP contribution in [0.5, 0.6) is 0 Å². The Hall–Kier alpha value is -3.10. The van der Waals surface area contributed by atoms with Crippen LogP contribution in [0.1, 0.15) is 11.3 Å². The molecule has 4 rings (SSSR count). The van der Waals surface area contributed by atoms with Gasteiger partial charge < -0.3 is 5.32 Å². The van der Waals surface area contributed by atoms with E-state index in [1.165, 1.54) is 17.3 Å². The van der Waals surface area contributed by atoms with Gasteiger partial charge in [-0.15, -0.1) is 10.2 Å². The third-order valence-electron chi connectivity index (χ3n) is 4.31. The van der Waals surface area contributed by atoms with Crippen molar-refractivity contribution in [3.05, 3.63) is 77.2 Å². The molecule has 0 radical (unpaired) electrons. The number of anilines is 1. The van der Waals surface area contributed by atoms with Crippen LogP contribution >= 0.6 is 23.4 Å². The molecule has 30 heavy (non-hydrogen) atoms. The van der Waals surface area contributed by atoms with Crippen molar-refractivity contribution in [1.29, 1.82) is 0 Å². The summed E-state index contributed by atoms with van der Waals surface area (Å²) in [6.07, 6.45) is 1.64. The van der Waals surface area contributed by atoms with Crippen LogP contribution < -0.4 is 5.32 Å². The normalized spacial score (nSPS) is 10.9. The van der Waals surface area contributed by atoms with E-state index in [1.54, 1.807) is 23.1 Å². The van der Waals surface area contributed by atoms with E-state index in [2.05, 4.69) is 20.6 Å². The van der Waals surface area contributed by atoms with Gasteiger partial charge in [0.05, 0.1) is 17.1 Å². The summed E-state index contributed by atoms with van der Waals surface area (Å²) in [6.45, 7) is 3.90. The molecule has 0 bridgehead atoms. The van der Waals surface area contributed by atoms with Gasteiger partial charge in [-0.1, -0.05) is 47.1 Å². The fourth-order valence-corrected chi connectivity index (χ4v) is 3.82. The highest BCUT2D eigenvalue weighted by Gasteiger charge is 2.14. The van der Waals surface area contributed by atoms with Crippen molar-refractivity contribution < 1.29 is 4.79 Å². The maximum absolute atomic E-state index is 12.6. The van der Waals surface area contributed by atoms with Crippen molar-refractivity contribution in [2.75, 3.05) is 11.1 Å². The summed E-state index contributed by atoms with van der Waals surface area (Å²) in [6, 6.07) is 17.2. The Bertz CT molecular complexity index is 1180. The smallest absolute Gasteiger partial charge is 0.236 e. The average molecular weight is 439 g/mol. The number of thioether (sulfide) groups is 1. The first-order valence-corrected chi connectivity index (χ1v) is 10.6. The second-order valence-corrected chi connectivity index (χ2v) is 8.10. The molecular weight excluding hydrogens is 420 g/mol. The summed E-state index contributed by atoms with van der Waals surface area (Å²) in [5.74, 6) is 0.603. The fraction of sp³-hybridized carbons (Fsp3) is 0.143. The minimum Gasteiger partial charge on any atom is -0.310 e. The molecule has 4 aromatic rings. The second kappa shape index (κ2) is 8.73. The molecule has 2 aromatic carbocycles. The van der Waals surface area contributed by atoms with E-state index in [1.807, 2.05) is 60.9 Å². The van der Waals surface area contributed by atoms with Gasteiger partial charge in [0.1, 0.15) is 12.1 Å². The fourth-order valence-electron chi connectivity index (χ4n) is 2.91. The van der Waals surface area contributed by atoms with Crippen molar-refractivity contribution in [2.24, 2.45) is 0 Å². The summed E-state index contributed by atoms with van der Waals surface area (Å²) in [7, 11) is 0. The number of carbonyl (C=O) groups excluding carboxylic acids is 1. The Morgan fingerprint density at radius 1 is 1.10 bits per heavy atom. The largest absolute Gasteiger partial charge is 0.310 e. The van der Waals surface area contributed by atoms with Gasteiger partial charge in [0.2, 0.25) is 5.91 Å². The van der Waals surface area contributed by atoms with E-state index in [4.69, 9.17) is 11.6 Å². The molecule has 2 heterocycles. The number of nitrogens with zero attached hydrogens (tertiary/aromatic N) is 5. The third-order valence-corrected chi connectivity index (χ3v) is 5.49. The quantitative estimate of drug-likeness (QED) is 0.450. The number of hydrogen-bond donors (Lipinski definition) is 1. The zero-order valence-electron chi connectivity index (χ0n) is 16.4. The monoisotopic (exact) mass is 438 g/mol. The number of aromatic nitrogens is 5.